The molecule has 0 spiro atoms. The Morgan fingerprint density at radius 2 is 2.12 bits per heavy atom. The molecule has 4 nitrogen and oxygen atoms in total. The van der Waals surface area contributed by atoms with E-state index in [1.807, 2.05) is 38.1 Å². The number of hydrogen-bond acceptors (Lipinski definition) is 2. The van der Waals surface area contributed by atoms with Gasteiger partial charge in [-0.15, -0.1) is 0 Å². The molecule has 0 aliphatic rings. The molecule has 1 aromatic carbocycles. The highest BCUT2D eigenvalue weighted by Crippen LogP contribution is 2.26. The fraction of sp³-hybridized carbons (Fsp3) is 0.308. The van der Waals surface area contributed by atoms with Crippen LogP contribution in [0.1, 0.15) is 19.4 Å². The lowest BCUT2D eigenvalue weighted by Crippen LogP contribution is -2.21. The predicted molar refractivity (Wildman–Crippen MR) is 67.0 cm³/mol. The number of aromatic amines is 2. The van der Waals surface area contributed by atoms with E-state index in [0.29, 0.717) is 0 Å². The summed E-state index contributed by atoms with van der Waals surface area (Å²) in [6, 6.07) is 7.81. The van der Waals surface area contributed by atoms with Crippen molar-refractivity contribution >= 4 is 0 Å². The lowest BCUT2D eigenvalue weighted by molar-refractivity contribution is 0.218. The normalized spacial score (nSPS) is 11.7. The van der Waals surface area contributed by atoms with E-state index >= 15 is 0 Å². The summed E-state index contributed by atoms with van der Waals surface area (Å²) >= 11 is 0. The van der Waals surface area contributed by atoms with E-state index in [1.165, 1.54) is 0 Å². The number of imidazole rings is 1. The van der Waals surface area contributed by atoms with Crippen LogP contribution in [0.4, 0.5) is 0 Å². The first kappa shape index (κ1) is 11.7. The Morgan fingerprint density at radius 3 is 2.71 bits per heavy atom. The molecule has 0 unspecified atom stereocenters. The molecule has 0 aliphatic heterocycles. The SMILES string of the molecule is CC(C)(CO)c1cccc(-c2c[nH]c(=O)[nH]2)c1. The molecule has 2 aromatic rings. The lowest BCUT2D eigenvalue weighted by atomic mass is 9.84. The number of rotatable bonds is 3. The molecule has 0 atom stereocenters. The van der Waals surface area contributed by atoms with Gasteiger partial charge in [0.15, 0.2) is 0 Å². The van der Waals surface area contributed by atoms with E-state index in [1.54, 1.807) is 6.20 Å². The third-order valence-electron chi connectivity index (χ3n) is 2.95. The smallest absolute Gasteiger partial charge is 0.323 e. The Hall–Kier alpha value is -1.81. The van der Waals surface area contributed by atoms with Crippen LogP contribution in [-0.2, 0) is 5.41 Å². The number of benzene rings is 1. The van der Waals surface area contributed by atoms with E-state index in [4.69, 9.17) is 0 Å². The Morgan fingerprint density at radius 1 is 1.35 bits per heavy atom. The highest BCUT2D eigenvalue weighted by molar-refractivity contribution is 5.59. The van der Waals surface area contributed by atoms with Gasteiger partial charge in [0.1, 0.15) is 0 Å². The van der Waals surface area contributed by atoms with E-state index in [-0.39, 0.29) is 17.7 Å². The molecule has 0 aliphatic carbocycles. The molecule has 1 heterocycles. The molecule has 4 heteroatoms. The molecule has 0 amide bonds. The van der Waals surface area contributed by atoms with Crippen LogP contribution >= 0.6 is 0 Å². The van der Waals surface area contributed by atoms with Gasteiger partial charge in [0, 0.05) is 11.6 Å². The minimum absolute atomic E-state index is 0.0834. The zero-order valence-corrected chi connectivity index (χ0v) is 9.95. The zero-order valence-electron chi connectivity index (χ0n) is 9.95. The van der Waals surface area contributed by atoms with Crippen molar-refractivity contribution < 1.29 is 5.11 Å². The first-order chi connectivity index (χ1) is 8.03. The molecule has 0 saturated heterocycles. The van der Waals surface area contributed by atoms with E-state index < -0.39 is 0 Å². The number of aliphatic hydroxyl groups excluding tert-OH is 1. The van der Waals surface area contributed by atoms with E-state index in [2.05, 4.69) is 9.97 Å². The van der Waals surface area contributed by atoms with Gasteiger partial charge in [-0.3, -0.25) is 0 Å². The third-order valence-corrected chi connectivity index (χ3v) is 2.95. The van der Waals surface area contributed by atoms with Gasteiger partial charge < -0.3 is 15.1 Å². The van der Waals surface area contributed by atoms with Crippen LogP contribution in [-0.4, -0.2) is 21.7 Å². The topological polar surface area (TPSA) is 68.9 Å². The molecule has 3 N–H and O–H groups in total. The van der Waals surface area contributed by atoms with Crippen molar-refractivity contribution in [2.75, 3.05) is 6.61 Å². The van der Waals surface area contributed by atoms with Gasteiger partial charge in [0.2, 0.25) is 0 Å². The maximum Gasteiger partial charge on any atom is 0.323 e. The van der Waals surface area contributed by atoms with E-state index in [0.717, 1.165) is 16.8 Å². The van der Waals surface area contributed by atoms with Crippen LogP contribution in [0, 0.1) is 0 Å². The lowest BCUT2D eigenvalue weighted by Gasteiger charge is -2.22. The molecule has 0 radical (unpaired) electrons. The summed E-state index contributed by atoms with van der Waals surface area (Å²) in [6.07, 6.45) is 1.65. The molecular formula is C13H16N2O2. The van der Waals surface area contributed by atoms with Crippen LogP contribution in [0.15, 0.2) is 35.3 Å². The van der Waals surface area contributed by atoms with Crippen LogP contribution in [0.3, 0.4) is 0 Å². The van der Waals surface area contributed by atoms with Gasteiger partial charge in [-0.1, -0.05) is 32.0 Å². The maximum absolute atomic E-state index is 11.1. The average molecular weight is 232 g/mol. The minimum Gasteiger partial charge on any atom is -0.395 e. The summed E-state index contributed by atoms with van der Waals surface area (Å²) in [7, 11) is 0. The second-order valence-corrected chi connectivity index (χ2v) is 4.78. The molecule has 0 bridgehead atoms. The number of nitrogens with one attached hydrogen (secondary N) is 2. The first-order valence-electron chi connectivity index (χ1n) is 5.52. The summed E-state index contributed by atoms with van der Waals surface area (Å²) in [5.74, 6) is 0. The van der Waals surface area contributed by atoms with Gasteiger partial charge in [-0.25, -0.2) is 4.79 Å². The number of aromatic nitrogens is 2. The van der Waals surface area contributed by atoms with Gasteiger partial charge in [-0.05, 0) is 17.2 Å². The Labute approximate surface area is 99.3 Å². The van der Waals surface area contributed by atoms with Gasteiger partial charge in [0.25, 0.3) is 0 Å². The maximum atomic E-state index is 11.1. The van der Waals surface area contributed by atoms with Crippen molar-refractivity contribution in [3.05, 3.63) is 46.5 Å². The zero-order chi connectivity index (χ0) is 12.5. The average Bonchev–Trinajstić information content (AvgIpc) is 2.76. The second kappa shape index (κ2) is 4.22. The Balaban J connectivity index is 2.45. The molecule has 90 valence electrons. The predicted octanol–water partition coefficient (Wildman–Crippen LogP) is 1.64. The summed E-state index contributed by atoms with van der Waals surface area (Å²) in [6.45, 7) is 4.04. The Bertz CT molecular complexity index is 567. The fourth-order valence-corrected chi connectivity index (χ4v) is 1.69. The van der Waals surface area contributed by atoms with E-state index in [9.17, 15) is 9.90 Å². The number of aliphatic hydroxyl groups is 1. The van der Waals surface area contributed by atoms with Crippen molar-refractivity contribution in [1.29, 1.82) is 0 Å². The Kier molecular flexibility index (Phi) is 2.90. The van der Waals surface area contributed by atoms with Crippen LogP contribution in [0.5, 0.6) is 0 Å². The largest absolute Gasteiger partial charge is 0.395 e. The highest BCUT2D eigenvalue weighted by Gasteiger charge is 2.19. The quantitative estimate of drug-likeness (QED) is 0.753. The summed E-state index contributed by atoms with van der Waals surface area (Å²) in [5, 5.41) is 9.35. The van der Waals surface area contributed by atoms with Crippen LogP contribution < -0.4 is 5.69 Å². The molecule has 2 rings (SSSR count). The standard InChI is InChI=1S/C13H16N2O2/c1-13(2,8-16)10-5-3-4-9(6-10)11-7-14-12(17)15-11/h3-7,16H,8H2,1-2H3,(H2,14,15,17). The van der Waals surface area contributed by atoms with Crippen LogP contribution in [0.2, 0.25) is 0 Å². The monoisotopic (exact) mass is 232 g/mol. The highest BCUT2D eigenvalue weighted by atomic mass is 16.3. The van der Waals surface area contributed by atoms with Crippen molar-refractivity contribution in [2.45, 2.75) is 19.3 Å². The van der Waals surface area contributed by atoms with Crippen molar-refractivity contribution in [3.63, 3.8) is 0 Å². The van der Waals surface area contributed by atoms with Crippen molar-refractivity contribution in [2.24, 2.45) is 0 Å². The fourth-order valence-electron chi connectivity index (χ4n) is 1.69. The van der Waals surface area contributed by atoms with Crippen LogP contribution in [0.25, 0.3) is 11.3 Å². The van der Waals surface area contributed by atoms with Crippen molar-refractivity contribution in [1.82, 2.24) is 9.97 Å². The molecule has 0 saturated carbocycles. The molecular weight excluding hydrogens is 216 g/mol. The van der Waals surface area contributed by atoms with Gasteiger partial charge in [0.05, 0.1) is 12.3 Å². The summed E-state index contributed by atoms with van der Waals surface area (Å²) < 4.78 is 0. The number of hydrogen-bond donors (Lipinski definition) is 3. The first-order valence-corrected chi connectivity index (χ1v) is 5.52. The molecule has 0 fully saturated rings. The van der Waals surface area contributed by atoms with Gasteiger partial charge >= 0.3 is 5.69 Å². The summed E-state index contributed by atoms with van der Waals surface area (Å²) in [4.78, 5) is 16.3. The summed E-state index contributed by atoms with van der Waals surface area (Å²) in [5.41, 5.74) is 2.23. The number of H-pyrrole nitrogens is 2. The minimum atomic E-state index is -0.285. The second-order valence-electron chi connectivity index (χ2n) is 4.78. The van der Waals surface area contributed by atoms with Gasteiger partial charge in [-0.2, -0.15) is 0 Å². The third kappa shape index (κ3) is 2.31. The van der Waals surface area contributed by atoms with Crippen molar-refractivity contribution in [3.8, 4) is 11.3 Å². The molecule has 17 heavy (non-hydrogen) atoms. The molecule has 1 aromatic heterocycles.